The van der Waals surface area contributed by atoms with Gasteiger partial charge in [0.05, 0.1) is 39.6 Å². The lowest BCUT2D eigenvalue weighted by molar-refractivity contribution is -0.132. The molecule has 0 aliphatic heterocycles. The molecule has 0 heterocycles. The van der Waals surface area contributed by atoms with Gasteiger partial charge in [0, 0.05) is 5.57 Å². The highest BCUT2D eigenvalue weighted by atomic mass is 16.5. The molecule has 0 unspecified atom stereocenters. The molecule has 0 saturated carbocycles. The number of nitrogens with zero attached hydrogens (tertiary/aromatic N) is 1. The number of rotatable bonds is 20. The second-order valence-electron chi connectivity index (χ2n) is 9.69. The van der Waals surface area contributed by atoms with Crippen LogP contribution < -0.4 is 18.9 Å². The van der Waals surface area contributed by atoms with Crippen LogP contribution in [0.25, 0.3) is 11.6 Å². The third kappa shape index (κ3) is 11.1. The van der Waals surface area contributed by atoms with Crippen LogP contribution in [-0.2, 0) is 4.79 Å². The highest BCUT2D eigenvalue weighted by molar-refractivity contribution is 5.90. The van der Waals surface area contributed by atoms with Crippen molar-refractivity contribution >= 4 is 17.6 Å². The number of allylic oxidation sites excluding steroid dienone is 1. The second-order valence-corrected chi connectivity index (χ2v) is 9.69. The lowest BCUT2D eigenvalue weighted by Crippen LogP contribution is -1.99. The maximum Gasteiger partial charge on any atom is 0.330 e. The summed E-state index contributed by atoms with van der Waals surface area (Å²) < 4.78 is 22.2. The fourth-order valence-electron chi connectivity index (χ4n) is 4.39. The zero-order chi connectivity index (χ0) is 29.2. The molecule has 2 aromatic carbocycles. The summed E-state index contributed by atoms with van der Waals surface area (Å²) in [6, 6.07) is 13.3. The van der Waals surface area contributed by atoms with Crippen LogP contribution in [0.1, 0.15) is 81.8 Å². The number of aliphatic carboxylic acids is 1. The van der Waals surface area contributed by atoms with E-state index in [2.05, 4.69) is 12.6 Å². The average molecular weight is 550 g/mol. The molecule has 0 aromatic heterocycles. The van der Waals surface area contributed by atoms with Crippen molar-refractivity contribution in [3.8, 4) is 29.1 Å². The Bertz CT molecular complexity index is 1160. The van der Waals surface area contributed by atoms with Crippen molar-refractivity contribution in [3.05, 3.63) is 59.7 Å². The van der Waals surface area contributed by atoms with Gasteiger partial charge in [-0.2, -0.15) is 5.26 Å². The van der Waals surface area contributed by atoms with E-state index < -0.39 is 5.97 Å². The van der Waals surface area contributed by atoms with Crippen LogP contribution in [0.3, 0.4) is 0 Å². The van der Waals surface area contributed by atoms with Crippen LogP contribution in [0.4, 0.5) is 0 Å². The quantitative estimate of drug-likeness (QED) is 0.0771. The van der Waals surface area contributed by atoms with Gasteiger partial charge < -0.3 is 24.1 Å². The smallest absolute Gasteiger partial charge is 0.330 e. The molecular formula is C33H43NO6. The monoisotopic (exact) mass is 549 g/mol. The molecule has 0 amide bonds. The predicted molar refractivity (Wildman–Crippen MR) is 159 cm³/mol. The summed E-state index contributed by atoms with van der Waals surface area (Å²) in [5.74, 6) is 1.61. The van der Waals surface area contributed by atoms with Crippen LogP contribution in [0.2, 0.25) is 0 Å². The van der Waals surface area contributed by atoms with Crippen molar-refractivity contribution in [1.29, 1.82) is 5.26 Å². The van der Waals surface area contributed by atoms with Crippen molar-refractivity contribution in [2.24, 2.45) is 0 Å². The Labute approximate surface area is 239 Å². The number of carbonyl (C=O) groups is 1. The molecule has 2 rings (SSSR count). The molecule has 0 atom stereocenters. The number of unbranched alkanes of at least 4 members (excludes halogenated alkanes) is 9. The van der Waals surface area contributed by atoms with Crippen molar-refractivity contribution in [2.45, 2.75) is 70.6 Å². The Morgan fingerprint density at radius 2 is 1.35 bits per heavy atom. The van der Waals surface area contributed by atoms with Crippen molar-refractivity contribution in [3.63, 3.8) is 0 Å². The number of benzene rings is 2. The van der Waals surface area contributed by atoms with Crippen molar-refractivity contribution in [1.82, 2.24) is 0 Å². The Hall–Kier alpha value is -3.92. The lowest BCUT2D eigenvalue weighted by atomic mass is 10.0. The number of carboxylic acid groups (broad SMARTS) is 1. The van der Waals surface area contributed by atoms with Crippen LogP contribution >= 0.6 is 0 Å². The predicted octanol–water partition coefficient (Wildman–Crippen LogP) is 8.09. The standard InChI is InChI=1S/C33H43NO6/c1-25(33(35)36)15-13-11-9-7-5-6-8-10-12-14-20-40-30-18-16-26(22-31(30)38-3)21-28(24-34)27-17-19-29(37-2)32(23-27)39-4/h16-19,21-23H,1,5-15,20H2,2-4H3,(H,35,36). The second kappa shape index (κ2) is 18.4. The molecule has 1 N–H and O–H groups in total. The molecule has 0 fully saturated rings. The summed E-state index contributed by atoms with van der Waals surface area (Å²) in [6.45, 7) is 4.20. The number of ether oxygens (including phenoxy) is 4. The van der Waals surface area contributed by atoms with E-state index in [0.717, 1.165) is 43.2 Å². The Morgan fingerprint density at radius 3 is 1.93 bits per heavy atom. The summed E-state index contributed by atoms with van der Waals surface area (Å²) in [7, 11) is 4.76. The third-order valence-corrected chi connectivity index (χ3v) is 6.75. The minimum Gasteiger partial charge on any atom is -0.493 e. The van der Waals surface area contributed by atoms with Crippen LogP contribution in [-0.4, -0.2) is 39.0 Å². The van der Waals surface area contributed by atoms with Gasteiger partial charge in [-0.3, -0.25) is 0 Å². The van der Waals surface area contributed by atoms with Gasteiger partial charge in [0.15, 0.2) is 23.0 Å². The van der Waals surface area contributed by atoms with Gasteiger partial charge >= 0.3 is 5.97 Å². The van der Waals surface area contributed by atoms with Crippen LogP contribution in [0, 0.1) is 11.3 Å². The minimum atomic E-state index is -0.881. The molecule has 0 aliphatic rings. The first-order valence-electron chi connectivity index (χ1n) is 14.0. The SMILES string of the molecule is C=C(CCCCCCCCCCCCOc1ccc(C=C(C#N)c2ccc(OC)c(OC)c2)cc1OC)C(=O)O. The van der Waals surface area contributed by atoms with E-state index in [1.807, 2.05) is 30.3 Å². The van der Waals surface area contributed by atoms with Gasteiger partial charge in [-0.1, -0.05) is 64.0 Å². The van der Waals surface area contributed by atoms with E-state index in [9.17, 15) is 10.1 Å². The maximum absolute atomic E-state index is 10.7. The van der Waals surface area contributed by atoms with Gasteiger partial charge in [0.2, 0.25) is 0 Å². The Kier molecular flexibility index (Phi) is 14.8. The number of hydrogen-bond donors (Lipinski definition) is 1. The first-order valence-corrected chi connectivity index (χ1v) is 14.0. The Balaban J connectivity index is 1.72. The minimum absolute atomic E-state index is 0.313. The largest absolute Gasteiger partial charge is 0.493 e. The van der Waals surface area contributed by atoms with Crippen molar-refractivity contribution < 1.29 is 28.8 Å². The van der Waals surface area contributed by atoms with Gasteiger partial charge in [-0.25, -0.2) is 4.79 Å². The molecule has 216 valence electrons. The molecule has 0 saturated heterocycles. The molecule has 0 spiro atoms. The Morgan fingerprint density at radius 1 is 0.800 bits per heavy atom. The van der Waals surface area contributed by atoms with Gasteiger partial charge in [0.25, 0.3) is 0 Å². The summed E-state index contributed by atoms with van der Waals surface area (Å²) in [5, 5.41) is 18.6. The topological polar surface area (TPSA) is 98.0 Å². The van der Waals surface area contributed by atoms with E-state index in [-0.39, 0.29) is 0 Å². The first-order chi connectivity index (χ1) is 19.4. The summed E-state index contributed by atoms with van der Waals surface area (Å²) >= 11 is 0. The molecule has 0 bridgehead atoms. The van der Waals surface area contributed by atoms with E-state index in [4.69, 9.17) is 24.1 Å². The number of methoxy groups -OCH3 is 3. The zero-order valence-corrected chi connectivity index (χ0v) is 24.2. The number of nitriles is 1. The first kappa shape index (κ1) is 32.3. The highest BCUT2D eigenvalue weighted by Gasteiger charge is 2.10. The van der Waals surface area contributed by atoms with Crippen LogP contribution in [0.15, 0.2) is 48.6 Å². The average Bonchev–Trinajstić information content (AvgIpc) is 2.97. The summed E-state index contributed by atoms with van der Waals surface area (Å²) in [6.07, 6.45) is 13.7. The molecule has 0 aliphatic carbocycles. The van der Waals surface area contributed by atoms with E-state index in [1.54, 1.807) is 33.5 Å². The van der Waals surface area contributed by atoms with E-state index in [0.29, 0.717) is 47.2 Å². The number of hydrogen-bond acceptors (Lipinski definition) is 6. The third-order valence-electron chi connectivity index (χ3n) is 6.75. The van der Waals surface area contributed by atoms with Crippen molar-refractivity contribution in [2.75, 3.05) is 27.9 Å². The summed E-state index contributed by atoms with van der Waals surface area (Å²) in [5.41, 5.74) is 2.38. The van der Waals surface area contributed by atoms with Gasteiger partial charge in [-0.05, 0) is 66.8 Å². The lowest BCUT2D eigenvalue weighted by Gasteiger charge is -2.12. The fraction of sp³-hybridized carbons (Fsp3) is 0.455. The fourth-order valence-corrected chi connectivity index (χ4v) is 4.39. The normalized spacial score (nSPS) is 11.0. The van der Waals surface area contributed by atoms with Crippen LogP contribution in [0.5, 0.6) is 23.0 Å². The molecule has 2 aromatic rings. The van der Waals surface area contributed by atoms with Gasteiger partial charge in [-0.15, -0.1) is 0 Å². The molecule has 0 radical (unpaired) electrons. The van der Waals surface area contributed by atoms with E-state index >= 15 is 0 Å². The highest BCUT2D eigenvalue weighted by Crippen LogP contribution is 2.33. The molecule has 7 heteroatoms. The maximum atomic E-state index is 10.7. The van der Waals surface area contributed by atoms with E-state index in [1.165, 1.54) is 32.1 Å². The number of carboxylic acids is 1. The molecule has 40 heavy (non-hydrogen) atoms. The molecular weight excluding hydrogens is 506 g/mol. The zero-order valence-electron chi connectivity index (χ0n) is 24.2. The summed E-state index contributed by atoms with van der Waals surface area (Å²) in [4.78, 5) is 10.7. The molecule has 7 nitrogen and oxygen atoms in total. The van der Waals surface area contributed by atoms with Gasteiger partial charge in [0.1, 0.15) is 0 Å².